The number of rotatable bonds is 6. The summed E-state index contributed by atoms with van der Waals surface area (Å²) in [4.78, 5) is 5.49. The average Bonchev–Trinajstić information content (AvgIpc) is 3.23. The molecule has 1 heterocycles. The van der Waals surface area contributed by atoms with Crippen molar-refractivity contribution in [3.05, 3.63) is 178 Å². The molecule has 0 radical (unpaired) electrons. The summed E-state index contributed by atoms with van der Waals surface area (Å²) < 4.78 is 0. The molecule has 1 nitrogen and oxygen atoms in total. The molecule has 2 atom stereocenters. The Morgan fingerprint density at radius 3 is 2.20 bits per heavy atom. The Morgan fingerprint density at radius 2 is 1.42 bits per heavy atom. The lowest BCUT2D eigenvalue weighted by Gasteiger charge is -2.31. The van der Waals surface area contributed by atoms with E-state index in [1.165, 1.54) is 61.8 Å². The Bertz CT molecular complexity index is 1890. The van der Waals surface area contributed by atoms with Crippen LogP contribution in [0.25, 0.3) is 22.3 Å². The van der Waals surface area contributed by atoms with E-state index in [-0.39, 0.29) is 0 Å². The van der Waals surface area contributed by atoms with Crippen LogP contribution in [0.5, 0.6) is 0 Å². The van der Waals surface area contributed by atoms with E-state index in [4.69, 9.17) is 0 Å². The predicted molar refractivity (Wildman–Crippen MR) is 193 cm³/mol. The molecule has 0 N–H and O–H groups in total. The standard InChI is InChI=1S/C43H37NS/c1-4-13-32(14-5-1)33-22-24-37(25-23-33)44(36-18-8-3-9-19-36)38-26-27-40(42(30-38)34-15-6-2-7-16-34)41-21-11-17-35-28-31-12-10-20-39(29-31)45-43(35)41/h1-2,4-8,10-20,22-27,30-31,41H,3,9,21,28-29H2. The minimum Gasteiger partial charge on any atom is -0.311 e. The average molecular weight is 600 g/mol. The van der Waals surface area contributed by atoms with E-state index in [0.29, 0.717) is 11.8 Å². The highest BCUT2D eigenvalue weighted by Gasteiger charge is 2.30. The zero-order valence-corrected chi connectivity index (χ0v) is 26.3. The maximum Gasteiger partial charge on any atom is 0.0467 e. The largest absolute Gasteiger partial charge is 0.311 e. The number of nitrogens with zero attached hydrogens (tertiary/aromatic N) is 1. The van der Waals surface area contributed by atoms with Crippen molar-refractivity contribution >= 4 is 23.1 Å². The molecule has 2 unspecified atom stereocenters. The fourth-order valence-corrected chi connectivity index (χ4v) is 8.56. The highest BCUT2D eigenvalue weighted by molar-refractivity contribution is 8.06. The molecule has 2 heteroatoms. The lowest BCUT2D eigenvalue weighted by Crippen LogP contribution is -2.17. The molecule has 0 aromatic heterocycles. The summed E-state index contributed by atoms with van der Waals surface area (Å²) in [5.41, 5.74) is 11.6. The molecule has 8 rings (SSSR count). The van der Waals surface area contributed by atoms with Crippen LogP contribution in [-0.2, 0) is 0 Å². The normalized spacial score (nSPS) is 20.3. The van der Waals surface area contributed by atoms with Crippen molar-refractivity contribution in [2.24, 2.45) is 5.92 Å². The SMILES string of the molecule is C1=CC2CC(=C1)SC1=C(C=CCC1c1ccc(N(C3=CCCC=C3)c3ccc(-c4ccccc4)cc3)cc1-c1ccccc1)C2. The topological polar surface area (TPSA) is 3.24 Å². The van der Waals surface area contributed by atoms with Gasteiger partial charge in [-0.05, 0) is 107 Å². The molecule has 220 valence electrons. The second kappa shape index (κ2) is 12.5. The van der Waals surface area contributed by atoms with Gasteiger partial charge in [-0.15, -0.1) is 0 Å². The lowest BCUT2D eigenvalue weighted by atomic mass is 9.82. The monoisotopic (exact) mass is 599 g/mol. The van der Waals surface area contributed by atoms with Gasteiger partial charge in [0.25, 0.3) is 0 Å². The molecule has 45 heavy (non-hydrogen) atoms. The number of hydrogen-bond acceptors (Lipinski definition) is 2. The molecular formula is C43H37NS. The van der Waals surface area contributed by atoms with E-state index < -0.39 is 0 Å². The fraction of sp³-hybridized carbons (Fsp3) is 0.163. The number of anilines is 2. The summed E-state index contributed by atoms with van der Waals surface area (Å²) in [7, 11) is 0. The van der Waals surface area contributed by atoms with E-state index in [1.54, 1.807) is 4.91 Å². The van der Waals surface area contributed by atoms with Crippen LogP contribution < -0.4 is 4.90 Å². The van der Waals surface area contributed by atoms with Crippen molar-refractivity contribution < 1.29 is 0 Å². The molecule has 4 aromatic carbocycles. The van der Waals surface area contributed by atoms with Crippen molar-refractivity contribution in [2.75, 3.05) is 4.90 Å². The van der Waals surface area contributed by atoms with Crippen molar-refractivity contribution in [3.8, 4) is 22.3 Å². The predicted octanol–water partition coefficient (Wildman–Crippen LogP) is 12.3. The maximum atomic E-state index is 2.44. The summed E-state index contributed by atoms with van der Waals surface area (Å²) >= 11 is 2.04. The third kappa shape index (κ3) is 5.72. The second-order valence-electron chi connectivity index (χ2n) is 12.4. The first kappa shape index (κ1) is 28.0. The smallest absolute Gasteiger partial charge is 0.0467 e. The van der Waals surface area contributed by atoms with Crippen LogP contribution in [0.15, 0.2) is 173 Å². The van der Waals surface area contributed by atoms with Crippen LogP contribution in [0, 0.1) is 5.92 Å². The van der Waals surface area contributed by atoms with Crippen LogP contribution in [0.3, 0.4) is 0 Å². The minimum atomic E-state index is 0.354. The van der Waals surface area contributed by atoms with Crippen LogP contribution in [0.2, 0.25) is 0 Å². The maximum absolute atomic E-state index is 2.44. The van der Waals surface area contributed by atoms with Gasteiger partial charge in [-0.2, -0.15) is 0 Å². The van der Waals surface area contributed by atoms with E-state index in [9.17, 15) is 0 Å². The van der Waals surface area contributed by atoms with E-state index in [1.807, 2.05) is 11.8 Å². The van der Waals surface area contributed by atoms with Gasteiger partial charge in [-0.1, -0.05) is 133 Å². The van der Waals surface area contributed by atoms with E-state index >= 15 is 0 Å². The fourth-order valence-electron chi connectivity index (χ4n) is 7.19. The van der Waals surface area contributed by atoms with E-state index in [2.05, 4.69) is 157 Å². The number of fused-ring (bicyclic) bond motifs is 2. The van der Waals surface area contributed by atoms with Gasteiger partial charge in [-0.3, -0.25) is 0 Å². The number of allylic oxidation sites excluding steroid dienone is 11. The van der Waals surface area contributed by atoms with Gasteiger partial charge < -0.3 is 4.90 Å². The molecule has 4 aliphatic rings. The van der Waals surface area contributed by atoms with Crippen molar-refractivity contribution in [2.45, 2.75) is 38.0 Å². The van der Waals surface area contributed by atoms with Gasteiger partial charge in [-0.25, -0.2) is 0 Å². The zero-order chi connectivity index (χ0) is 30.0. The van der Waals surface area contributed by atoms with Gasteiger partial charge >= 0.3 is 0 Å². The van der Waals surface area contributed by atoms with Crippen LogP contribution >= 0.6 is 11.8 Å². The summed E-state index contributed by atoms with van der Waals surface area (Å²) in [5.74, 6) is 0.968. The van der Waals surface area contributed by atoms with Gasteiger partial charge in [0.2, 0.25) is 0 Å². The first-order chi connectivity index (χ1) is 22.3. The molecule has 0 fully saturated rings. The highest BCUT2D eigenvalue weighted by Crippen LogP contribution is 2.52. The quantitative estimate of drug-likeness (QED) is 0.217. The Balaban J connectivity index is 1.24. The molecule has 0 spiro atoms. The van der Waals surface area contributed by atoms with Crippen LogP contribution in [0.4, 0.5) is 11.4 Å². The van der Waals surface area contributed by atoms with Gasteiger partial charge in [0, 0.05) is 27.9 Å². The zero-order valence-electron chi connectivity index (χ0n) is 25.5. The van der Waals surface area contributed by atoms with Gasteiger partial charge in [0.15, 0.2) is 0 Å². The Hall–Kier alpha value is -4.53. The van der Waals surface area contributed by atoms with Crippen molar-refractivity contribution in [1.29, 1.82) is 0 Å². The highest BCUT2D eigenvalue weighted by atomic mass is 32.2. The van der Waals surface area contributed by atoms with Gasteiger partial charge in [0.05, 0.1) is 0 Å². The summed E-state index contributed by atoms with van der Waals surface area (Å²) in [6.45, 7) is 0. The number of thioether (sulfide) groups is 1. The molecule has 1 aliphatic heterocycles. The first-order valence-electron chi connectivity index (χ1n) is 16.3. The molecule has 0 amide bonds. The molecule has 0 saturated heterocycles. The Morgan fingerprint density at radius 1 is 0.667 bits per heavy atom. The van der Waals surface area contributed by atoms with Crippen molar-refractivity contribution in [1.82, 2.24) is 0 Å². The Labute approximate surface area is 271 Å². The summed E-state index contributed by atoms with van der Waals surface area (Å²) in [6.07, 6.45) is 24.3. The van der Waals surface area contributed by atoms with Gasteiger partial charge in [0.1, 0.15) is 0 Å². The van der Waals surface area contributed by atoms with Crippen LogP contribution in [0.1, 0.15) is 43.6 Å². The third-order valence-electron chi connectivity index (χ3n) is 9.40. The van der Waals surface area contributed by atoms with Crippen LogP contribution in [-0.4, -0.2) is 0 Å². The molecule has 2 bridgehead atoms. The minimum absolute atomic E-state index is 0.354. The van der Waals surface area contributed by atoms with Crippen molar-refractivity contribution in [3.63, 3.8) is 0 Å². The first-order valence-corrected chi connectivity index (χ1v) is 17.1. The second-order valence-corrected chi connectivity index (χ2v) is 13.5. The number of hydrogen-bond donors (Lipinski definition) is 0. The van der Waals surface area contributed by atoms with E-state index in [0.717, 1.165) is 25.7 Å². The third-order valence-corrected chi connectivity index (χ3v) is 10.7. The Kier molecular flexibility index (Phi) is 7.75. The summed E-state index contributed by atoms with van der Waals surface area (Å²) in [5, 5.41) is 0. The molecule has 3 aliphatic carbocycles. The molecule has 4 aromatic rings. The lowest BCUT2D eigenvalue weighted by molar-refractivity contribution is 0.647. The molecule has 0 saturated carbocycles. The molecular weight excluding hydrogens is 563 g/mol. The number of benzene rings is 4. The summed E-state index contributed by atoms with van der Waals surface area (Å²) in [6, 6.07) is 37.9.